The fraction of sp³-hybridized carbons (Fsp3) is 0.571. The van der Waals surface area contributed by atoms with Crippen molar-refractivity contribution in [1.82, 2.24) is 0 Å². The van der Waals surface area contributed by atoms with Gasteiger partial charge >= 0.3 is 0 Å². The van der Waals surface area contributed by atoms with Gasteiger partial charge in [0.1, 0.15) is 5.75 Å². The molecule has 1 heteroatoms. The fourth-order valence-corrected chi connectivity index (χ4v) is 2.16. The molecule has 1 aromatic rings. The lowest BCUT2D eigenvalue weighted by atomic mass is 9.94. The van der Waals surface area contributed by atoms with Crippen LogP contribution in [-0.2, 0) is 6.42 Å². The van der Waals surface area contributed by atoms with Crippen molar-refractivity contribution in [3.63, 3.8) is 0 Å². The number of aromatic hydroxyl groups is 1. The van der Waals surface area contributed by atoms with Crippen LogP contribution < -0.4 is 0 Å². The summed E-state index contributed by atoms with van der Waals surface area (Å²) >= 11 is 0. The van der Waals surface area contributed by atoms with Gasteiger partial charge in [-0.1, -0.05) is 38.8 Å². The van der Waals surface area contributed by atoms with Gasteiger partial charge in [-0.05, 0) is 42.9 Å². The minimum Gasteiger partial charge on any atom is -0.507 e. The van der Waals surface area contributed by atoms with E-state index in [9.17, 15) is 5.11 Å². The highest BCUT2D eigenvalue weighted by molar-refractivity contribution is 5.42. The molecular weight excluding hydrogens is 184 g/mol. The summed E-state index contributed by atoms with van der Waals surface area (Å²) in [6.45, 7) is 8.46. The van der Waals surface area contributed by atoms with Crippen LogP contribution in [0.3, 0.4) is 0 Å². The molecule has 0 amide bonds. The second-order valence-corrected chi connectivity index (χ2v) is 4.68. The standard InChI is InChI=1S/C14H22O/c1-5-6-10(2)7-13-8-11(3)14(15)12(4)9-13/h8-10,15H,5-7H2,1-4H3. The van der Waals surface area contributed by atoms with E-state index < -0.39 is 0 Å². The van der Waals surface area contributed by atoms with Crippen molar-refractivity contribution in [2.75, 3.05) is 0 Å². The maximum atomic E-state index is 9.67. The average Bonchev–Trinajstić information content (AvgIpc) is 2.14. The average molecular weight is 206 g/mol. The van der Waals surface area contributed by atoms with Crippen LogP contribution in [-0.4, -0.2) is 5.11 Å². The maximum Gasteiger partial charge on any atom is 0.121 e. The highest BCUT2D eigenvalue weighted by Gasteiger charge is 2.06. The first-order valence-corrected chi connectivity index (χ1v) is 5.83. The Hall–Kier alpha value is -0.980. The molecule has 0 heterocycles. The van der Waals surface area contributed by atoms with Gasteiger partial charge in [-0.15, -0.1) is 0 Å². The lowest BCUT2D eigenvalue weighted by Gasteiger charge is -2.12. The molecule has 0 aromatic heterocycles. The Morgan fingerprint density at radius 1 is 1.20 bits per heavy atom. The third-order valence-electron chi connectivity index (χ3n) is 2.92. The number of benzene rings is 1. The van der Waals surface area contributed by atoms with Crippen molar-refractivity contribution in [2.24, 2.45) is 5.92 Å². The molecule has 1 rings (SSSR count). The molecule has 0 spiro atoms. The molecule has 1 nitrogen and oxygen atoms in total. The van der Waals surface area contributed by atoms with E-state index in [1.165, 1.54) is 18.4 Å². The summed E-state index contributed by atoms with van der Waals surface area (Å²) in [5.74, 6) is 1.18. The van der Waals surface area contributed by atoms with E-state index in [-0.39, 0.29) is 0 Å². The number of rotatable bonds is 4. The van der Waals surface area contributed by atoms with Gasteiger partial charge in [0.15, 0.2) is 0 Å². The SMILES string of the molecule is CCCC(C)Cc1cc(C)c(O)c(C)c1. The summed E-state index contributed by atoms with van der Waals surface area (Å²) in [7, 11) is 0. The second kappa shape index (κ2) is 5.20. The van der Waals surface area contributed by atoms with Gasteiger partial charge in [0.25, 0.3) is 0 Å². The quantitative estimate of drug-likeness (QED) is 0.789. The van der Waals surface area contributed by atoms with Crippen molar-refractivity contribution < 1.29 is 5.11 Å². The zero-order chi connectivity index (χ0) is 11.4. The molecule has 0 aliphatic rings. The fourth-order valence-electron chi connectivity index (χ4n) is 2.16. The van der Waals surface area contributed by atoms with Crippen molar-refractivity contribution in [2.45, 2.75) is 47.0 Å². The van der Waals surface area contributed by atoms with Gasteiger partial charge in [0, 0.05) is 0 Å². The van der Waals surface area contributed by atoms with Crippen LogP contribution in [0.4, 0.5) is 0 Å². The van der Waals surface area contributed by atoms with Gasteiger partial charge in [0.05, 0.1) is 0 Å². The van der Waals surface area contributed by atoms with Crippen LogP contribution in [0.25, 0.3) is 0 Å². The lowest BCUT2D eigenvalue weighted by molar-refractivity contribution is 0.465. The molecule has 0 radical (unpaired) electrons. The van der Waals surface area contributed by atoms with Gasteiger partial charge < -0.3 is 5.11 Å². The molecular formula is C14H22O. The monoisotopic (exact) mass is 206 g/mol. The first kappa shape index (κ1) is 12.1. The van der Waals surface area contributed by atoms with Gasteiger partial charge in [-0.3, -0.25) is 0 Å². The van der Waals surface area contributed by atoms with E-state index in [4.69, 9.17) is 0 Å². The third-order valence-corrected chi connectivity index (χ3v) is 2.92. The summed E-state index contributed by atoms with van der Waals surface area (Å²) in [4.78, 5) is 0. The minimum atomic E-state index is 0.446. The smallest absolute Gasteiger partial charge is 0.121 e. The first-order chi connectivity index (χ1) is 7.04. The van der Waals surface area contributed by atoms with E-state index in [1.54, 1.807) is 0 Å². The molecule has 0 saturated heterocycles. The van der Waals surface area contributed by atoms with E-state index >= 15 is 0 Å². The van der Waals surface area contributed by atoms with Crippen molar-refractivity contribution in [3.8, 4) is 5.75 Å². The summed E-state index contributed by atoms with van der Waals surface area (Å²) in [5, 5.41) is 9.67. The number of phenols is 1. The van der Waals surface area contributed by atoms with Gasteiger partial charge in [0.2, 0.25) is 0 Å². The minimum absolute atomic E-state index is 0.446. The predicted molar refractivity (Wildman–Crippen MR) is 65.4 cm³/mol. The molecule has 1 unspecified atom stereocenters. The zero-order valence-corrected chi connectivity index (χ0v) is 10.3. The topological polar surface area (TPSA) is 20.2 Å². The molecule has 1 N–H and O–H groups in total. The molecule has 15 heavy (non-hydrogen) atoms. The molecule has 0 bridgehead atoms. The van der Waals surface area contributed by atoms with Crippen LogP contribution in [0.15, 0.2) is 12.1 Å². The number of aryl methyl sites for hydroxylation is 2. The van der Waals surface area contributed by atoms with Crippen LogP contribution >= 0.6 is 0 Å². The van der Waals surface area contributed by atoms with Crippen LogP contribution in [0.1, 0.15) is 43.4 Å². The summed E-state index contributed by atoms with van der Waals surface area (Å²) in [5.41, 5.74) is 3.34. The number of phenolic OH excluding ortho intramolecular Hbond substituents is 1. The van der Waals surface area contributed by atoms with E-state index in [1.807, 2.05) is 13.8 Å². The normalized spacial score (nSPS) is 12.8. The Labute approximate surface area is 93.1 Å². The molecule has 0 fully saturated rings. The molecule has 1 atom stereocenters. The molecule has 1 aromatic carbocycles. The van der Waals surface area contributed by atoms with Crippen LogP contribution in [0, 0.1) is 19.8 Å². The predicted octanol–water partition coefficient (Wildman–Crippen LogP) is 3.99. The largest absolute Gasteiger partial charge is 0.507 e. The molecule has 0 aliphatic carbocycles. The van der Waals surface area contributed by atoms with Crippen molar-refractivity contribution in [1.29, 1.82) is 0 Å². The van der Waals surface area contributed by atoms with Gasteiger partial charge in [-0.2, -0.15) is 0 Å². The Morgan fingerprint density at radius 3 is 2.20 bits per heavy atom. The zero-order valence-electron chi connectivity index (χ0n) is 10.3. The van der Waals surface area contributed by atoms with Crippen LogP contribution in [0.2, 0.25) is 0 Å². The number of hydrogen-bond donors (Lipinski definition) is 1. The Balaban J connectivity index is 2.78. The summed E-state index contributed by atoms with van der Waals surface area (Å²) < 4.78 is 0. The Kier molecular flexibility index (Phi) is 4.19. The van der Waals surface area contributed by atoms with E-state index in [2.05, 4.69) is 26.0 Å². The highest BCUT2D eigenvalue weighted by atomic mass is 16.3. The van der Waals surface area contributed by atoms with Crippen LogP contribution in [0.5, 0.6) is 5.75 Å². The van der Waals surface area contributed by atoms with E-state index in [0.29, 0.717) is 5.75 Å². The molecule has 0 saturated carbocycles. The molecule has 84 valence electrons. The lowest BCUT2D eigenvalue weighted by Crippen LogP contribution is -2.00. The second-order valence-electron chi connectivity index (χ2n) is 4.68. The summed E-state index contributed by atoms with van der Waals surface area (Å²) in [6, 6.07) is 4.21. The molecule has 0 aliphatic heterocycles. The van der Waals surface area contributed by atoms with Crippen molar-refractivity contribution >= 4 is 0 Å². The Bertz CT molecular complexity index is 305. The highest BCUT2D eigenvalue weighted by Crippen LogP contribution is 2.24. The van der Waals surface area contributed by atoms with Gasteiger partial charge in [-0.25, -0.2) is 0 Å². The van der Waals surface area contributed by atoms with E-state index in [0.717, 1.165) is 23.5 Å². The van der Waals surface area contributed by atoms with Crippen molar-refractivity contribution in [3.05, 3.63) is 28.8 Å². The first-order valence-electron chi connectivity index (χ1n) is 5.83. The Morgan fingerprint density at radius 2 is 1.73 bits per heavy atom. The summed E-state index contributed by atoms with van der Waals surface area (Å²) in [6.07, 6.45) is 3.64. The third kappa shape index (κ3) is 3.26. The maximum absolute atomic E-state index is 9.67. The number of hydrogen-bond acceptors (Lipinski definition) is 1.